The molecule has 0 heterocycles. The Balaban J connectivity index is 1.81. The minimum Gasteiger partial charge on any atom is -0.311 e. The summed E-state index contributed by atoms with van der Waals surface area (Å²) < 4.78 is 0. The van der Waals surface area contributed by atoms with Crippen molar-refractivity contribution in [1.29, 1.82) is 0 Å². The van der Waals surface area contributed by atoms with Crippen molar-refractivity contribution in [2.45, 2.75) is 64.5 Å². The lowest BCUT2D eigenvalue weighted by atomic mass is 9.75. The average Bonchev–Trinajstić information content (AvgIpc) is 2.69. The van der Waals surface area contributed by atoms with Gasteiger partial charge in [-0.05, 0) is 37.5 Å². The van der Waals surface area contributed by atoms with Crippen LogP contribution in [0.1, 0.15) is 52.4 Å². The SMILES string of the molecule is CC1(C)CCC[C@H](NC2CC2)C1. The molecule has 0 aromatic heterocycles. The monoisotopic (exact) mass is 167 g/mol. The molecule has 0 aromatic carbocycles. The predicted octanol–water partition coefficient (Wildman–Crippen LogP) is 2.71. The van der Waals surface area contributed by atoms with E-state index in [-0.39, 0.29) is 0 Å². The summed E-state index contributed by atoms with van der Waals surface area (Å²) in [5, 5.41) is 3.75. The molecule has 1 nitrogen and oxygen atoms in total. The zero-order chi connectivity index (χ0) is 8.60. The van der Waals surface area contributed by atoms with Crippen LogP contribution in [0.3, 0.4) is 0 Å². The van der Waals surface area contributed by atoms with E-state index in [9.17, 15) is 0 Å². The van der Waals surface area contributed by atoms with Crippen LogP contribution in [-0.2, 0) is 0 Å². The van der Waals surface area contributed by atoms with Crippen molar-refractivity contribution in [3.8, 4) is 0 Å². The van der Waals surface area contributed by atoms with E-state index in [1.807, 2.05) is 0 Å². The van der Waals surface area contributed by atoms with E-state index in [1.165, 1.54) is 38.5 Å². The van der Waals surface area contributed by atoms with Crippen LogP contribution in [-0.4, -0.2) is 12.1 Å². The average molecular weight is 167 g/mol. The van der Waals surface area contributed by atoms with E-state index in [4.69, 9.17) is 0 Å². The highest BCUT2D eigenvalue weighted by atomic mass is 15.0. The number of nitrogens with one attached hydrogen (secondary N) is 1. The van der Waals surface area contributed by atoms with Crippen LogP contribution in [0.25, 0.3) is 0 Å². The van der Waals surface area contributed by atoms with Gasteiger partial charge < -0.3 is 5.32 Å². The predicted molar refractivity (Wildman–Crippen MR) is 52.2 cm³/mol. The molecule has 2 fully saturated rings. The van der Waals surface area contributed by atoms with E-state index in [1.54, 1.807) is 0 Å². The smallest absolute Gasteiger partial charge is 0.00747 e. The minimum absolute atomic E-state index is 0.602. The lowest BCUT2D eigenvalue weighted by Gasteiger charge is -2.35. The molecule has 0 saturated heterocycles. The zero-order valence-electron chi connectivity index (χ0n) is 8.40. The normalized spacial score (nSPS) is 35.0. The van der Waals surface area contributed by atoms with Gasteiger partial charge in [-0.25, -0.2) is 0 Å². The summed E-state index contributed by atoms with van der Waals surface area (Å²) in [5.41, 5.74) is 0.602. The number of rotatable bonds is 2. The molecule has 0 unspecified atom stereocenters. The molecule has 0 aliphatic heterocycles. The lowest BCUT2D eigenvalue weighted by Crippen LogP contribution is -2.38. The first-order valence-electron chi connectivity index (χ1n) is 5.42. The summed E-state index contributed by atoms with van der Waals surface area (Å²) >= 11 is 0. The van der Waals surface area contributed by atoms with Gasteiger partial charge in [-0.15, -0.1) is 0 Å². The van der Waals surface area contributed by atoms with Crippen LogP contribution in [0.2, 0.25) is 0 Å². The second-order valence-corrected chi connectivity index (χ2v) is 5.40. The second-order valence-electron chi connectivity index (χ2n) is 5.40. The van der Waals surface area contributed by atoms with Gasteiger partial charge in [0, 0.05) is 12.1 Å². The van der Waals surface area contributed by atoms with Gasteiger partial charge in [0.15, 0.2) is 0 Å². The van der Waals surface area contributed by atoms with Gasteiger partial charge in [0.25, 0.3) is 0 Å². The topological polar surface area (TPSA) is 12.0 Å². The van der Waals surface area contributed by atoms with Gasteiger partial charge in [0.2, 0.25) is 0 Å². The summed E-state index contributed by atoms with van der Waals surface area (Å²) in [6.45, 7) is 4.82. The van der Waals surface area contributed by atoms with Crippen molar-refractivity contribution in [3.05, 3.63) is 0 Å². The maximum absolute atomic E-state index is 3.75. The number of hydrogen-bond donors (Lipinski definition) is 1. The maximum Gasteiger partial charge on any atom is 0.00747 e. The summed E-state index contributed by atoms with van der Waals surface area (Å²) in [5.74, 6) is 0. The van der Waals surface area contributed by atoms with Gasteiger partial charge in [-0.3, -0.25) is 0 Å². The van der Waals surface area contributed by atoms with Gasteiger partial charge in [-0.2, -0.15) is 0 Å². The molecule has 2 rings (SSSR count). The molecular formula is C11H21N. The molecule has 0 spiro atoms. The molecule has 2 aliphatic carbocycles. The first-order valence-corrected chi connectivity index (χ1v) is 5.42. The summed E-state index contributed by atoms with van der Waals surface area (Å²) in [4.78, 5) is 0. The minimum atomic E-state index is 0.602. The van der Waals surface area contributed by atoms with Crippen LogP contribution in [0.15, 0.2) is 0 Å². The lowest BCUT2D eigenvalue weighted by molar-refractivity contribution is 0.197. The summed E-state index contributed by atoms with van der Waals surface area (Å²) in [7, 11) is 0. The summed E-state index contributed by atoms with van der Waals surface area (Å²) in [6.07, 6.45) is 8.52. The molecule has 2 saturated carbocycles. The highest BCUT2D eigenvalue weighted by Crippen LogP contribution is 2.36. The van der Waals surface area contributed by atoms with Gasteiger partial charge in [0.05, 0.1) is 0 Å². The molecule has 2 aliphatic rings. The molecule has 0 amide bonds. The largest absolute Gasteiger partial charge is 0.311 e. The van der Waals surface area contributed by atoms with Gasteiger partial charge >= 0.3 is 0 Å². The van der Waals surface area contributed by atoms with Crippen molar-refractivity contribution in [1.82, 2.24) is 5.32 Å². The summed E-state index contributed by atoms with van der Waals surface area (Å²) in [6, 6.07) is 1.73. The quantitative estimate of drug-likeness (QED) is 0.667. The third kappa shape index (κ3) is 2.22. The number of hydrogen-bond acceptors (Lipinski definition) is 1. The first-order chi connectivity index (χ1) is 5.66. The van der Waals surface area contributed by atoms with E-state index >= 15 is 0 Å². The van der Waals surface area contributed by atoms with Crippen molar-refractivity contribution in [2.75, 3.05) is 0 Å². The van der Waals surface area contributed by atoms with E-state index in [2.05, 4.69) is 19.2 Å². The van der Waals surface area contributed by atoms with Gasteiger partial charge in [0.1, 0.15) is 0 Å². The molecule has 1 N–H and O–H groups in total. The third-order valence-electron chi connectivity index (χ3n) is 3.25. The van der Waals surface area contributed by atoms with Crippen LogP contribution in [0.4, 0.5) is 0 Å². The van der Waals surface area contributed by atoms with Crippen LogP contribution >= 0.6 is 0 Å². The van der Waals surface area contributed by atoms with E-state index in [0.717, 1.165) is 12.1 Å². The zero-order valence-corrected chi connectivity index (χ0v) is 8.40. The Hall–Kier alpha value is -0.0400. The first kappa shape index (κ1) is 8.55. The molecule has 1 atom stereocenters. The third-order valence-corrected chi connectivity index (χ3v) is 3.25. The second kappa shape index (κ2) is 3.02. The molecule has 0 aromatic rings. The van der Waals surface area contributed by atoms with Crippen molar-refractivity contribution < 1.29 is 0 Å². The molecule has 70 valence electrons. The Morgan fingerprint density at radius 3 is 2.42 bits per heavy atom. The molecular weight excluding hydrogens is 146 g/mol. The van der Waals surface area contributed by atoms with Crippen LogP contribution < -0.4 is 5.32 Å². The Morgan fingerprint density at radius 1 is 1.08 bits per heavy atom. The molecule has 0 radical (unpaired) electrons. The fourth-order valence-electron chi connectivity index (χ4n) is 2.42. The van der Waals surface area contributed by atoms with Crippen molar-refractivity contribution in [2.24, 2.45) is 5.41 Å². The molecule has 0 bridgehead atoms. The van der Waals surface area contributed by atoms with E-state index < -0.39 is 0 Å². The van der Waals surface area contributed by atoms with Crippen molar-refractivity contribution in [3.63, 3.8) is 0 Å². The van der Waals surface area contributed by atoms with Gasteiger partial charge in [-0.1, -0.05) is 20.3 Å². The maximum atomic E-state index is 3.75. The van der Waals surface area contributed by atoms with E-state index in [0.29, 0.717) is 5.41 Å². The standard InChI is InChI=1S/C11H21N/c1-11(2)7-3-4-10(8-11)12-9-5-6-9/h9-10,12H,3-8H2,1-2H3/t10-/m0/s1. The Labute approximate surface area is 75.9 Å². The fourth-order valence-corrected chi connectivity index (χ4v) is 2.42. The Bertz CT molecular complexity index is 158. The van der Waals surface area contributed by atoms with Crippen molar-refractivity contribution >= 4 is 0 Å². The fraction of sp³-hybridized carbons (Fsp3) is 1.00. The molecule has 1 heteroatoms. The highest BCUT2D eigenvalue weighted by Gasteiger charge is 2.31. The Kier molecular flexibility index (Phi) is 2.16. The Morgan fingerprint density at radius 2 is 1.83 bits per heavy atom. The highest BCUT2D eigenvalue weighted by molar-refractivity contribution is 4.89. The van der Waals surface area contributed by atoms with Crippen LogP contribution in [0, 0.1) is 5.41 Å². The van der Waals surface area contributed by atoms with Crippen LogP contribution in [0.5, 0.6) is 0 Å². The molecule has 12 heavy (non-hydrogen) atoms.